The quantitative estimate of drug-likeness (QED) is 0.790. The molecule has 1 aromatic carbocycles. The minimum absolute atomic E-state index is 0.459. The van der Waals surface area contributed by atoms with Gasteiger partial charge in [-0.05, 0) is 33.0 Å². The molecule has 0 saturated carbocycles. The van der Waals surface area contributed by atoms with Gasteiger partial charge in [0.1, 0.15) is 18.0 Å². The number of aromatic hydroxyl groups is 1. The van der Waals surface area contributed by atoms with Crippen molar-refractivity contribution >= 4 is 27.5 Å². The Morgan fingerprint density at radius 2 is 1.92 bits per heavy atom. The average Bonchev–Trinajstić information content (AvgIpc) is 2.79. The van der Waals surface area contributed by atoms with Gasteiger partial charge in [0.05, 0.1) is 0 Å². The van der Waals surface area contributed by atoms with Crippen LogP contribution in [0.25, 0.3) is 0 Å². The number of hydrogen-bond acceptors (Lipinski definition) is 6. The maximum atomic E-state index is 14.6. The molecule has 2 aliphatic heterocycles. The first-order chi connectivity index (χ1) is 11.7. The summed E-state index contributed by atoms with van der Waals surface area (Å²) in [7, 11) is -0.134. The average molecular weight is 372 g/mol. The van der Waals surface area contributed by atoms with Crippen LogP contribution in [0, 0.1) is 5.82 Å². The van der Waals surface area contributed by atoms with E-state index in [0.29, 0.717) is 29.1 Å². The molecule has 2 heterocycles. The topological polar surface area (TPSA) is 93.2 Å². The summed E-state index contributed by atoms with van der Waals surface area (Å²) in [5.41, 5.74) is -0.0166. The van der Waals surface area contributed by atoms with Crippen LogP contribution >= 0.6 is 0 Å². The fourth-order valence-corrected chi connectivity index (χ4v) is 4.46. The summed E-state index contributed by atoms with van der Waals surface area (Å²) < 4.78 is 40.6. The van der Waals surface area contributed by atoms with Crippen LogP contribution < -0.4 is 13.9 Å². The highest BCUT2D eigenvalue weighted by atomic mass is 32.2. The van der Waals surface area contributed by atoms with Crippen LogP contribution in [0.3, 0.4) is 0 Å². The molecule has 0 aromatic heterocycles. The molecule has 8 nitrogen and oxygen atoms in total. The lowest BCUT2D eigenvalue weighted by Crippen LogP contribution is -2.42. The molecule has 0 spiro atoms. The monoisotopic (exact) mass is 372 g/mol. The van der Waals surface area contributed by atoms with Gasteiger partial charge < -0.3 is 14.9 Å². The van der Waals surface area contributed by atoms with E-state index in [2.05, 4.69) is 4.90 Å². The molecule has 2 fully saturated rings. The number of benzene rings is 1. The number of carbonyl (C=O) groups is 1. The number of nitrogens with one attached hydrogen (secondary N) is 1. The lowest BCUT2D eigenvalue weighted by atomic mass is 10.0. The lowest BCUT2D eigenvalue weighted by molar-refractivity contribution is -0.117. The minimum Gasteiger partial charge on any atom is -0.506 e. The molecule has 0 bridgehead atoms. The number of carbonyl (C=O) groups excluding carboxylic acids is 1. The summed E-state index contributed by atoms with van der Waals surface area (Å²) in [5, 5.41) is 10.2. The first-order valence-corrected chi connectivity index (χ1v) is 9.40. The van der Waals surface area contributed by atoms with Crippen molar-refractivity contribution in [1.29, 1.82) is 0 Å². The smallest absolute Gasteiger partial charge is 0.326 e. The third-order valence-corrected chi connectivity index (χ3v) is 6.04. The first kappa shape index (κ1) is 17.7. The zero-order valence-electron chi connectivity index (χ0n) is 14.1. The van der Waals surface area contributed by atoms with Crippen LogP contribution in [-0.2, 0) is 15.0 Å². The summed E-state index contributed by atoms with van der Waals surface area (Å²) in [4.78, 5) is 15.4. The van der Waals surface area contributed by atoms with E-state index in [1.54, 1.807) is 4.72 Å². The van der Waals surface area contributed by atoms with E-state index >= 15 is 0 Å². The number of halogens is 1. The molecular formula is C15H21FN4O4S. The molecule has 2 saturated heterocycles. The van der Waals surface area contributed by atoms with Crippen molar-refractivity contribution in [2.75, 3.05) is 42.9 Å². The van der Waals surface area contributed by atoms with Gasteiger partial charge in [0, 0.05) is 30.9 Å². The molecule has 138 valence electrons. The Balaban J connectivity index is 1.86. The molecule has 0 aliphatic carbocycles. The van der Waals surface area contributed by atoms with E-state index in [-0.39, 0.29) is 0 Å². The molecule has 0 atom stereocenters. The molecule has 2 N–H and O–H groups in total. The standard InChI is InChI=1S/C15H21FN4O4S/c1-18(2)10-3-5-19(6-4-10)11-7-12(16)15(13(21)8-11)20-9-14(22)17-25(20,23)24/h7-8,10,21H,3-6,9H2,1-2H3,(H,17,22). The van der Waals surface area contributed by atoms with Crippen LogP contribution in [0.2, 0.25) is 0 Å². The SMILES string of the molecule is CN(C)C1CCN(c2cc(O)c(N3CC(=O)NS3(=O)=O)c(F)c2)CC1. The largest absolute Gasteiger partial charge is 0.506 e. The van der Waals surface area contributed by atoms with Crippen molar-refractivity contribution in [3.05, 3.63) is 17.9 Å². The Hall–Kier alpha value is -2.07. The van der Waals surface area contributed by atoms with Crippen LogP contribution in [-0.4, -0.2) is 64.1 Å². The summed E-state index contributed by atoms with van der Waals surface area (Å²) in [6.07, 6.45) is 1.83. The van der Waals surface area contributed by atoms with Crippen molar-refractivity contribution in [3.63, 3.8) is 0 Å². The van der Waals surface area contributed by atoms with E-state index in [1.807, 2.05) is 19.0 Å². The molecule has 10 heteroatoms. The molecule has 3 rings (SSSR count). The van der Waals surface area contributed by atoms with Gasteiger partial charge in [-0.25, -0.2) is 13.4 Å². The van der Waals surface area contributed by atoms with Gasteiger partial charge in [-0.3, -0.25) is 4.79 Å². The zero-order valence-corrected chi connectivity index (χ0v) is 14.9. The van der Waals surface area contributed by atoms with Crippen molar-refractivity contribution in [3.8, 4) is 5.75 Å². The van der Waals surface area contributed by atoms with E-state index in [0.717, 1.165) is 12.8 Å². The van der Waals surface area contributed by atoms with Crippen molar-refractivity contribution < 1.29 is 22.7 Å². The van der Waals surface area contributed by atoms with Gasteiger partial charge in [-0.2, -0.15) is 8.42 Å². The number of amides is 1. The molecule has 1 aromatic rings. The van der Waals surface area contributed by atoms with Crippen molar-refractivity contribution in [2.24, 2.45) is 0 Å². The molecular weight excluding hydrogens is 351 g/mol. The highest BCUT2D eigenvalue weighted by Gasteiger charge is 2.37. The van der Waals surface area contributed by atoms with E-state index in [1.165, 1.54) is 12.1 Å². The number of anilines is 2. The summed E-state index contributed by atoms with van der Waals surface area (Å²) in [5.74, 6) is -2.16. The highest BCUT2D eigenvalue weighted by Crippen LogP contribution is 2.37. The van der Waals surface area contributed by atoms with Gasteiger partial charge in [0.2, 0.25) is 0 Å². The number of nitrogens with zero attached hydrogens (tertiary/aromatic N) is 3. The van der Waals surface area contributed by atoms with E-state index in [4.69, 9.17) is 0 Å². The number of rotatable bonds is 3. The minimum atomic E-state index is -4.17. The summed E-state index contributed by atoms with van der Waals surface area (Å²) >= 11 is 0. The maximum absolute atomic E-state index is 14.6. The van der Waals surface area contributed by atoms with Crippen LogP contribution in [0.4, 0.5) is 15.8 Å². The predicted octanol–water partition coefficient (Wildman–Crippen LogP) is 0.243. The van der Waals surface area contributed by atoms with Crippen LogP contribution in [0.15, 0.2) is 12.1 Å². The number of phenolic OH excluding ortho intramolecular Hbond substituents is 1. The zero-order chi connectivity index (χ0) is 18.4. The second-order valence-electron chi connectivity index (χ2n) is 6.51. The Kier molecular flexibility index (Phi) is 4.50. The molecule has 2 aliphatic rings. The molecule has 25 heavy (non-hydrogen) atoms. The van der Waals surface area contributed by atoms with Gasteiger partial charge >= 0.3 is 10.2 Å². The Labute approximate surface area is 146 Å². The second kappa shape index (κ2) is 6.34. The Morgan fingerprint density at radius 3 is 2.40 bits per heavy atom. The Morgan fingerprint density at radius 1 is 1.28 bits per heavy atom. The molecule has 0 unspecified atom stereocenters. The normalized spacial score (nSPS) is 21.0. The van der Waals surface area contributed by atoms with Crippen LogP contribution in [0.1, 0.15) is 12.8 Å². The number of hydrogen-bond donors (Lipinski definition) is 2. The van der Waals surface area contributed by atoms with Crippen LogP contribution in [0.5, 0.6) is 5.75 Å². The van der Waals surface area contributed by atoms with Gasteiger partial charge in [-0.1, -0.05) is 0 Å². The molecule has 1 amide bonds. The lowest BCUT2D eigenvalue weighted by Gasteiger charge is -2.36. The summed E-state index contributed by atoms with van der Waals surface area (Å²) in [6, 6.07) is 3.00. The fourth-order valence-electron chi connectivity index (χ4n) is 3.29. The van der Waals surface area contributed by atoms with E-state index < -0.39 is 39.9 Å². The Bertz CT molecular complexity index is 768. The van der Waals surface area contributed by atoms with Gasteiger partial charge in [-0.15, -0.1) is 0 Å². The fraction of sp³-hybridized carbons (Fsp3) is 0.533. The predicted molar refractivity (Wildman–Crippen MR) is 91.4 cm³/mol. The van der Waals surface area contributed by atoms with Gasteiger partial charge in [0.25, 0.3) is 5.91 Å². The number of phenols is 1. The van der Waals surface area contributed by atoms with Crippen molar-refractivity contribution in [2.45, 2.75) is 18.9 Å². The van der Waals surface area contributed by atoms with Crippen molar-refractivity contribution in [1.82, 2.24) is 9.62 Å². The summed E-state index contributed by atoms with van der Waals surface area (Å²) in [6.45, 7) is 0.868. The third-order valence-electron chi connectivity index (χ3n) is 4.66. The first-order valence-electron chi connectivity index (χ1n) is 7.96. The molecule has 0 radical (unpaired) electrons. The highest BCUT2D eigenvalue weighted by molar-refractivity contribution is 7.92. The number of piperidine rings is 1. The maximum Gasteiger partial charge on any atom is 0.326 e. The van der Waals surface area contributed by atoms with E-state index in [9.17, 15) is 22.7 Å². The second-order valence-corrected chi connectivity index (χ2v) is 8.11. The third kappa shape index (κ3) is 3.36. The van der Waals surface area contributed by atoms with Gasteiger partial charge in [0.15, 0.2) is 5.82 Å².